The predicted molar refractivity (Wildman–Crippen MR) is 61.4 cm³/mol. The first kappa shape index (κ1) is 13.3. The Morgan fingerprint density at radius 3 is 3.16 bits per heavy atom. The predicted octanol–water partition coefficient (Wildman–Crippen LogP) is -0.0767. The van der Waals surface area contributed by atoms with Crippen molar-refractivity contribution in [3.8, 4) is 0 Å². The van der Waals surface area contributed by atoms with Crippen LogP contribution in [-0.4, -0.2) is 33.4 Å². The molecule has 0 aromatic carbocycles. The summed E-state index contributed by atoms with van der Waals surface area (Å²) in [5, 5.41) is 12.5. The number of azide groups is 1. The number of aliphatic hydroxyl groups is 1. The van der Waals surface area contributed by atoms with Gasteiger partial charge in [-0.2, -0.15) is 4.98 Å². The maximum Gasteiger partial charge on any atom is 0.351 e. The molecule has 1 unspecified atom stereocenters. The molecule has 1 aliphatic heterocycles. The molecule has 1 fully saturated rings. The first-order valence-electron chi connectivity index (χ1n) is 5.41. The highest BCUT2D eigenvalue weighted by atomic mass is 19.1. The van der Waals surface area contributed by atoms with Gasteiger partial charge in [-0.15, -0.1) is 0 Å². The summed E-state index contributed by atoms with van der Waals surface area (Å²) in [6, 6.07) is -0.732. The lowest BCUT2D eigenvalue weighted by atomic mass is 10.2. The van der Waals surface area contributed by atoms with Crippen LogP contribution in [0.25, 0.3) is 10.4 Å². The molecule has 3 atom stereocenters. The number of anilines is 1. The van der Waals surface area contributed by atoms with Crippen LogP contribution in [0.4, 0.5) is 10.2 Å². The van der Waals surface area contributed by atoms with Crippen LogP contribution in [0.15, 0.2) is 16.1 Å². The number of aromatic nitrogens is 2. The molecule has 1 aromatic rings. The van der Waals surface area contributed by atoms with E-state index >= 15 is 0 Å². The molecule has 102 valence electrons. The molecule has 2 rings (SSSR count). The molecule has 1 saturated heterocycles. The minimum absolute atomic E-state index is 0.226. The average Bonchev–Trinajstić information content (AvgIpc) is 2.77. The summed E-state index contributed by atoms with van der Waals surface area (Å²) in [5.74, 6) is -1.39. The van der Waals surface area contributed by atoms with Crippen LogP contribution < -0.4 is 11.4 Å². The fourth-order valence-corrected chi connectivity index (χ4v) is 1.91. The summed E-state index contributed by atoms with van der Waals surface area (Å²) in [7, 11) is 0. The standard InChI is InChI=1S/C9H11FN6O3/c10-5-2-16(9(18)13-7(5)11)8-6(14-15-12)1-4(3-17)19-8/h2,4,6,8,17H,1,3H2,(H2,11,13,18)/t4-,6?,8+/m0/s1. The van der Waals surface area contributed by atoms with Gasteiger partial charge in [0.1, 0.15) is 6.23 Å². The lowest BCUT2D eigenvalue weighted by Gasteiger charge is -2.17. The fourth-order valence-electron chi connectivity index (χ4n) is 1.91. The van der Waals surface area contributed by atoms with Crippen molar-refractivity contribution in [3.05, 3.63) is 32.9 Å². The van der Waals surface area contributed by atoms with Crippen molar-refractivity contribution < 1.29 is 14.2 Å². The van der Waals surface area contributed by atoms with Gasteiger partial charge in [0.15, 0.2) is 11.6 Å². The molecule has 0 saturated carbocycles. The molecular weight excluding hydrogens is 259 g/mol. The quantitative estimate of drug-likeness (QED) is 0.449. The number of halogens is 1. The number of nitrogen functional groups attached to an aromatic ring is 1. The number of aliphatic hydroxyl groups excluding tert-OH is 1. The van der Waals surface area contributed by atoms with Gasteiger partial charge in [0.05, 0.1) is 24.9 Å². The van der Waals surface area contributed by atoms with Crippen molar-refractivity contribution in [1.29, 1.82) is 0 Å². The van der Waals surface area contributed by atoms with Crippen molar-refractivity contribution in [3.63, 3.8) is 0 Å². The zero-order chi connectivity index (χ0) is 14.0. The van der Waals surface area contributed by atoms with E-state index in [9.17, 15) is 9.18 Å². The van der Waals surface area contributed by atoms with Crippen LogP contribution in [0.5, 0.6) is 0 Å². The molecule has 0 spiro atoms. The maximum absolute atomic E-state index is 13.3. The first-order chi connectivity index (χ1) is 9.06. The number of hydrogen-bond donors (Lipinski definition) is 2. The Bertz CT molecular complexity index is 584. The molecule has 19 heavy (non-hydrogen) atoms. The Hall–Kier alpha value is -2.16. The van der Waals surface area contributed by atoms with Crippen LogP contribution in [-0.2, 0) is 4.74 Å². The summed E-state index contributed by atoms with van der Waals surface area (Å²) < 4.78 is 19.5. The monoisotopic (exact) mass is 270 g/mol. The summed E-state index contributed by atoms with van der Waals surface area (Å²) in [6.07, 6.45) is -0.533. The fraction of sp³-hybridized carbons (Fsp3) is 0.556. The van der Waals surface area contributed by atoms with Crippen LogP contribution in [0.3, 0.4) is 0 Å². The van der Waals surface area contributed by atoms with Crippen LogP contribution in [0.2, 0.25) is 0 Å². The molecule has 0 amide bonds. The maximum atomic E-state index is 13.3. The van der Waals surface area contributed by atoms with Crippen LogP contribution >= 0.6 is 0 Å². The highest BCUT2D eigenvalue weighted by Gasteiger charge is 2.36. The van der Waals surface area contributed by atoms with Gasteiger partial charge < -0.3 is 15.6 Å². The largest absolute Gasteiger partial charge is 0.394 e. The van der Waals surface area contributed by atoms with Gasteiger partial charge in [0.25, 0.3) is 0 Å². The van der Waals surface area contributed by atoms with E-state index in [1.165, 1.54) is 0 Å². The number of rotatable bonds is 3. The third-order valence-electron chi connectivity index (χ3n) is 2.78. The third kappa shape index (κ3) is 2.50. The molecule has 10 heteroatoms. The van der Waals surface area contributed by atoms with Crippen molar-refractivity contribution in [2.24, 2.45) is 5.11 Å². The Morgan fingerprint density at radius 2 is 2.53 bits per heavy atom. The van der Waals surface area contributed by atoms with E-state index in [0.29, 0.717) is 0 Å². The van der Waals surface area contributed by atoms with E-state index in [-0.39, 0.29) is 13.0 Å². The van der Waals surface area contributed by atoms with Crippen LogP contribution in [0, 0.1) is 5.82 Å². The summed E-state index contributed by atoms with van der Waals surface area (Å²) in [6.45, 7) is -0.298. The van der Waals surface area contributed by atoms with Crippen molar-refractivity contribution >= 4 is 5.82 Å². The highest BCUT2D eigenvalue weighted by Crippen LogP contribution is 2.30. The topological polar surface area (TPSA) is 139 Å². The van der Waals surface area contributed by atoms with Crippen LogP contribution in [0.1, 0.15) is 12.6 Å². The molecule has 3 N–H and O–H groups in total. The van der Waals surface area contributed by atoms with Gasteiger partial charge in [-0.1, -0.05) is 5.11 Å². The molecule has 2 heterocycles. The number of nitrogens with zero attached hydrogens (tertiary/aromatic N) is 5. The summed E-state index contributed by atoms with van der Waals surface area (Å²) >= 11 is 0. The van der Waals surface area contributed by atoms with Gasteiger partial charge in [-0.25, -0.2) is 9.18 Å². The molecule has 9 nitrogen and oxygen atoms in total. The average molecular weight is 270 g/mol. The number of hydrogen-bond acceptors (Lipinski definition) is 6. The second-order valence-electron chi connectivity index (χ2n) is 4.00. The highest BCUT2D eigenvalue weighted by molar-refractivity contribution is 5.26. The summed E-state index contributed by atoms with van der Waals surface area (Å²) in [5.41, 5.74) is 12.8. The SMILES string of the molecule is [N-]=[N+]=NC1C[C@@H](CO)O[C@H]1n1cc(F)c(N)nc1=O. The number of nitrogens with two attached hydrogens (primary N) is 1. The Labute approximate surface area is 106 Å². The molecule has 1 aliphatic rings. The zero-order valence-corrected chi connectivity index (χ0v) is 9.68. The summed E-state index contributed by atoms with van der Waals surface area (Å²) in [4.78, 5) is 17.6. The number of ether oxygens (including phenoxy) is 1. The lowest BCUT2D eigenvalue weighted by Crippen LogP contribution is -2.32. The van der Waals surface area contributed by atoms with E-state index in [0.717, 1.165) is 10.8 Å². The Kier molecular flexibility index (Phi) is 3.65. The second-order valence-corrected chi connectivity index (χ2v) is 4.00. The molecular formula is C9H11FN6O3. The molecule has 0 radical (unpaired) electrons. The minimum atomic E-state index is -1.01. The lowest BCUT2D eigenvalue weighted by molar-refractivity contribution is -0.0282. The molecule has 1 aromatic heterocycles. The van der Waals surface area contributed by atoms with Gasteiger partial charge in [0.2, 0.25) is 0 Å². The smallest absolute Gasteiger partial charge is 0.351 e. The Morgan fingerprint density at radius 1 is 1.79 bits per heavy atom. The second kappa shape index (κ2) is 5.22. The normalized spacial score (nSPS) is 26.1. The van der Waals surface area contributed by atoms with Gasteiger partial charge in [0, 0.05) is 4.91 Å². The minimum Gasteiger partial charge on any atom is -0.394 e. The van der Waals surface area contributed by atoms with E-state index < -0.39 is 35.7 Å². The van der Waals surface area contributed by atoms with Gasteiger partial charge in [-0.05, 0) is 12.0 Å². The van der Waals surface area contributed by atoms with E-state index in [2.05, 4.69) is 15.0 Å². The van der Waals surface area contributed by atoms with Gasteiger partial charge >= 0.3 is 5.69 Å². The van der Waals surface area contributed by atoms with Crippen molar-refractivity contribution in [2.75, 3.05) is 12.3 Å². The molecule has 0 aliphatic carbocycles. The van der Waals surface area contributed by atoms with Gasteiger partial charge in [-0.3, -0.25) is 4.57 Å². The zero-order valence-electron chi connectivity index (χ0n) is 9.68. The Balaban J connectivity index is 2.41. The van der Waals surface area contributed by atoms with Crippen molar-refractivity contribution in [2.45, 2.75) is 24.8 Å². The van der Waals surface area contributed by atoms with E-state index in [1.807, 2.05) is 0 Å². The first-order valence-corrected chi connectivity index (χ1v) is 5.41. The van der Waals surface area contributed by atoms with E-state index in [4.69, 9.17) is 21.1 Å². The van der Waals surface area contributed by atoms with E-state index in [1.54, 1.807) is 0 Å². The molecule has 0 bridgehead atoms. The van der Waals surface area contributed by atoms with Crippen molar-refractivity contribution in [1.82, 2.24) is 9.55 Å². The third-order valence-corrected chi connectivity index (χ3v) is 2.78.